The van der Waals surface area contributed by atoms with E-state index in [2.05, 4.69) is 13.0 Å². The van der Waals surface area contributed by atoms with Crippen molar-refractivity contribution in [2.75, 3.05) is 0 Å². The highest BCUT2D eigenvalue weighted by molar-refractivity contribution is 7.78. The van der Waals surface area contributed by atoms with Crippen LogP contribution in [-0.4, -0.2) is 13.3 Å². The summed E-state index contributed by atoms with van der Waals surface area (Å²) in [6.45, 7) is 2.08. The molecule has 0 aliphatic heterocycles. The van der Waals surface area contributed by atoms with Crippen molar-refractivity contribution in [2.24, 2.45) is 0 Å². The quantitative estimate of drug-likeness (QED) is 0.652. The van der Waals surface area contributed by atoms with Gasteiger partial charge in [-0.25, -0.2) is 4.39 Å². The van der Waals surface area contributed by atoms with Gasteiger partial charge in [0.25, 0.3) is 0 Å². The van der Waals surface area contributed by atoms with Gasteiger partial charge in [-0.15, -0.1) is 0 Å². The summed E-state index contributed by atoms with van der Waals surface area (Å²) in [6, 6.07) is 15.9. The molecule has 1 aromatic heterocycles. The van der Waals surface area contributed by atoms with E-state index in [9.17, 15) is 13.2 Å². The average molecular weight is 342 g/mol. The Kier molecular flexibility index (Phi) is 4.92. The SMILES string of the molecule is CCc1ccn(-c2ccc(CS(=O)[O-])cc2)c1-c1ccc(F)cc1. The molecule has 0 aliphatic rings. The summed E-state index contributed by atoms with van der Waals surface area (Å²) in [6.07, 6.45) is 2.85. The van der Waals surface area contributed by atoms with Crippen LogP contribution in [0.3, 0.4) is 0 Å². The minimum atomic E-state index is -2.09. The maximum atomic E-state index is 13.2. The van der Waals surface area contributed by atoms with E-state index in [-0.39, 0.29) is 11.6 Å². The molecule has 24 heavy (non-hydrogen) atoms. The van der Waals surface area contributed by atoms with E-state index in [0.717, 1.165) is 28.9 Å². The van der Waals surface area contributed by atoms with Crippen molar-refractivity contribution in [3.05, 3.63) is 77.7 Å². The Labute approximate surface area is 143 Å². The molecule has 0 fully saturated rings. The predicted molar refractivity (Wildman–Crippen MR) is 93.2 cm³/mol. The van der Waals surface area contributed by atoms with E-state index in [1.165, 1.54) is 17.7 Å². The molecule has 0 saturated heterocycles. The maximum Gasteiger partial charge on any atom is 0.123 e. The summed E-state index contributed by atoms with van der Waals surface area (Å²) in [5.74, 6) is -0.248. The molecule has 124 valence electrons. The molecule has 0 amide bonds. The zero-order chi connectivity index (χ0) is 17.1. The van der Waals surface area contributed by atoms with Crippen molar-refractivity contribution < 1.29 is 13.2 Å². The Morgan fingerprint density at radius 3 is 2.29 bits per heavy atom. The van der Waals surface area contributed by atoms with E-state index >= 15 is 0 Å². The smallest absolute Gasteiger partial charge is 0.123 e. The van der Waals surface area contributed by atoms with Gasteiger partial charge in [0.2, 0.25) is 0 Å². The lowest BCUT2D eigenvalue weighted by Crippen LogP contribution is -1.99. The zero-order valence-electron chi connectivity index (χ0n) is 13.2. The second-order valence-electron chi connectivity index (χ2n) is 5.53. The van der Waals surface area contributed by atoms with E-state index in [0.29, 0.717) is 0 Å². The summed E-state index contributed by atoms with van der Waals surface area (Å²) >= 11 is -2.09. The Balaban J connectivity index is 2.03. The van der Waals surface area contributed by atoms with Gasteiger partial charge in [0.1, 0.15) is 5.82 Å². The van der Waals surface area contributed by atoms with Crippen LogP contribution in [0, 0.1) is 5.82 Å². The second kappa shape index (κ2) is 7.11. The summed E-state index contributed by atoms with van der Waals surface area (Å²) in [5, 5.41) is 0. The minimum Gasteiger partial charge on any atom is -0.772 e. The van der Waals surface area contributed by atoms with E-state index in [4.69, 9.17) is 0 Å². The number of rotatable bonds is 5. The number of halogens is 1. The van der Waals surface area contributed by atoms with Crippen molar-refractivity contribution in [1.29, 1.82) is 0 Å². The lowest BCUT2D eigenvalue weighted by molar-refractivity contribution is 0.536. The molecule has 0 bridgehead atoms. The third kappa shape index (κ3) is 3.47. The monoisotopic (exact) mass is 342 g/mol. The number of benzene rings is 2. The fraction of sp³-hybridized carbons (Fsp3) is 0.158. The van der Waals surface area contributed by atoms with Gasteiger partial charge in [-0.05, 0) is 65.6 Å². The Morgan fingerprint density at radius 1 is 1.04 bits per heavy atom. The topological polar surface area (TPSA) is 45.1 Å². The molecule has 0 saturated carbocycles. The average Bonchev–Trinajstić information content (AvgIpc) is 3.00. The van der Waals surface area contributed by atoms with Gasteiger partial charge < -0.3 is 9.12 Å². The highest BCUT2D eigenvalue weighted by Crippen LogP contribution is 2.29. The second-order valence-corrected chi connectivity index (χ2v) is 6.43. The van der Waals surface area contributed by atoms with Crippen LogP contribution in [-0.2, 0) is 23.3 Å². The molecular formula is C19H17FNO2S-. The van der Waals surface area contributed by atoms with Gasteiger partial charge in [-0.1, -0.05) is 30.1 Å². The highest BCUT2D eigenvalue weighted by Gasteiger charge is 2.12. The minimum absolute atomic E-state index is 0.0109. The molecule has 2 aromatic carbocycles. The molecule has 3 nitrogen and oxygen atoms in total. The summed E-state index contributed by atoms with van der Waals surface area (Å²) in [5.41, 5.74) is 4.83. The van der Waals surface area contributed by atoms with Crippen LogP contribution in [0.15, 0.2) is 60.8 Å². The van der Waals surface area contributed by atoms with E-state index < -0.39 is 11.1 Å². The fourth-order valence-electron chi connectivity index (χ4n) is 2.79. The largest absolute Gasteiger partial charge is 0.772 e. The number of aryl methyl sites for hydroxylation is 1. The molecular weight excluding hydrogens is 325 g/mol. The van der Waals surface area contributed by atoms with Crippen LogP contribution in [0.25, 0.3) is 16.9 Å². The third-order valence-electron chi connectivity index (χ3n) is 3.97. The van der Waals surface area contributed by atoms with E-state index in [1.54, 1.807) is 12.1 Å². The molecule has 0 spiro atoms. The molecule has 3 rings (SSSR count). The van der Waals surface area contributed by atoms with Gasteiger partial charge in [-0.2, -0.15) is 0 Å². The molecule has 5 heteroatoms. The number of aromatic nitrogens is 1. The van der Waals surface area contributed by atoms with Gasteiger partial charge in [0.15, 0.2) is 0 Å². The molecule has 0 aliphatic carbocycles. The Morgan fingerprint density at radius 2 is 1.71 bits per heavy atom. The molecule has 1 unspecified atom stereocenters. The maximum absolute atomic E-state index is 13.2. The lowest BCUT2D eigenvalue weighted by Gasteiger charge is -2.13. The van der Waals surface area contributed by atoms with Crippen molar-refractivity contribution in [2.45, 2.75) is 19.1 Å². The Hall–Kier alpha value is -2.24. The first-order chi connectivity index (χ1) is 11.6. The molecule has 0 N–H and O–H groups in total. The summed E-state index contributed by atoms with van der Waals surface area (Å²) in [7, 11) is 0. The van der Waals surface area contributed by atoms with Gasteiger partial charge in [0, 0.05) is 17.6 Å². The lowest BCUT2D eigenvalue weighted by atomic mass is 10.1. The van der Waals surface area contributed by atoms with Crippen LogP contribution in [0.1, 0.15) is 18.1 Å². The highest BCUT2D eigenvalue weighted by atomic mass is 32.2. The van der Waals surface area contributed by atoms with Crippen molar-refractivity contribution in [3.63, 3.8) is 0 Å². The molecule has 3 aromatic rings. The third-order valence-corrected chi connectivity index (χ3v) is 4.54. The van der Waals surface area contributed by atoms with Gasteiger partial charge in [0.05, 0.1) is 5.69 Å². The molecule has 0 radical (unpaired) electrons. The summed E-state index contributed by atoms with van der Waals surface area (Å²) < 4.78 is 36.9. The Bertz CT molecular complexity index is 854. The number of nitrogens with zero attached hydrogens (tertiary/aromatic N) is 1. The predicted octanol–water partition coefficient (Wildman–Crippen LogP) is 4.22. The van der Waals surface area contributed by atoms with Crippen molar-refractivity contribution in [3.8, 4) is 16.9 Å². The normalized spacial score (nSPS) is 12.3. The molecule has 1 heterocycles. The van der Waals surface area contributed by atoms with Gasteiger partial charge >= 0.3 is 0 Å². The first-order valence-electron chi connectivity index (χ1n) is 7.70. The van der Waals surface area contributed by atoms with Crippen molar-refractivity contribution in [1.82, 2.24) is 4.57 Å². The number of hydrogen-bond donors (Lipinski definition) is 0. The van der Waals surface area contributed by atoms with Crippen LogP contribution < -0.4 is 0 Å². The standard InChI is InChI=1S/C19H18FNO2S/c1-2-15-11-12-21(19(15)16-5-7-17(20)8-6-16)18-9-3-14(4-10-18)13-24(22)23/h3-12H,2,13H2,1H3,(H,22,23)/p-1. The van der Waals surface area contributed by atoms with E-state index in [1.807, 2.05) is 35.0 Å². The zero-order valence-corrected chi connectivity index (χ0v) is 14.1. The van der Waals surface area contributed by atoms with Crippen LogP contribution >= 0.6 is 0 Å². The van der Waals surface area contributed by atoms with Crippen LogP contribution in [0.2, 0.25) is 0 Å². The number of hydrogen-bond acceptors (Lipinski definition) is 2. The van der Waals surface area contributed by atoms with Crippen molar-refractivity contribution >= 4 is 11.1 Å². The molecule has 1 atom stereocenters. The summed E-state index contributed by atoms with van der Waals surface area (Å²) in [4.78, 5) is 0. The fourth-order valence-corrected chi connectivity index (χ4v) is 3.26. The first-order valence-corrected chi connectivity index (χ1v) is 8.94. The van der Waals surface area contributed by atoms with Crippen LogP contribution in [0.5, 0.6) is 0 Å². The first kappa shape index (κ1) is 16.6. The van der Waals surface area contributed by atoms with Crippen LogP contribution in [0.4, 0.5) is 4.39 Å². The van der Waals surface area contributed by atoms with Gasteiger partial charge in [-0.3, -0.25) is 4.21 Å².